The van der Waals surface area contributed by atoms with Gasteiger partial charge < -0.3 is 10.5 Å². The SMILES string of the molecule is Cc1nc2c(COCC3CCC3)c(N)cnc2s1. The number of nitrogens with two attached hydrogens (primary N) is 1. The fourth-order valence-corrected chi connectivity index (χ4v) is 2.97. The molecule has 0 atom stereocenters. The van der Waals surface area contributed by atoms with Crippen LogP contribution in [-0.2, 0) is 11.3 Å². The highest BCUT2D eigenvalue weighted by atomic mass is 32.1. The number of nitrogens with zero attached hydrogens (tertiary/aromatic N) is 2. The van der Waals surface area contributed by atoms with Gasteiger partial charge in [-0.05, 0) is 25.7 Å². The Kier molecular flexibility index (Phi) is 3.18. The Hall–Kier alpha value is -1.20. The Bertz CT molecular complexity index is 563. The van der Waals surface area contributed by atoms with Gasteiger partial charge in [-0.25, -0.2) is 9.97 Å². The summed E-state index contributed by atoms with van der Waals surface area (Å²) in [6.07, 6.45) is 5.66. The van der Waals surface area contributed by atoms with E-state index in [0.717, 1.165) is 33.4 Å². The first-order valence-corrected chi connectivity index (χ1v) is 7.14. The molecule has 0 amide bonds. The highest BCUT2D eigenvalue weighted by Crippen LogP contribution is 2.29. The van der Waals surface area contributed by atoms with Crippen LogP contribution in [0.4, 0.5) is 5.69 Å². The lowest BCUT2D eigenvalue weighted by Crippen LogP contribution is -2.17. The number of pyridine rings is 1. The molecule has 0 unspecified atom stereocenters. The molecule has 3 rings (SSSR count). The zero-order valence-electron chi connectivity index (χ0n) is 10.5. The Morgan fingerprint density at radius 2 is 2.33 bits per heavy atom. The molecule has 0 spiro atoms. The van der Waals surface area contributed by atoms with Gasteiger partial charge in [0.15, 0.2) is 0 Å². The van der Waals surface area contributed by atoms with Crippen molar-refractivity contribution in [3.63, 3.8) is 0 Å². The largest absolute Gasteiger partial charge is 0.397 e. The standard InChI is InChI=1S/C13H17N3OS/c1-8-16-12-10(7-17-6-9-3-2-4-9)11(14)5-15-13(12)18-8/h5,9H,2-4,6-7,14H2,1H3. The highest BCUT2D eigenvalue weighted by molar-refractivity contribution is 7.18. The minimum atomic E-state index is 0.546. The van der Waals surface area contributed by atoms with E-state index >= 15 is 0 Å². The molecule has 1 saturated carbocycles. The van der Waals surface area contributed by atoms with Gasteiger partial charge in [-0.2, -0.15) is 0 Å². The minimum absolute atomic E-state index is 0.546. The number of aromatic nitrogens is 2. The van der Waals surface area contributed by atoms with Gasteiger partial charge >= 0.3 is 0 Å². The van der Waals surface area contributed by atoms with Crippen LogP contribution in [0.25, 0.3) is 10.3 Å². The molecule has 1 fully saturated rings. The van der Waals surface area contributed by atoms with Crippen LogP contribution in [0.2, 0.25) is 0 Å². The van der Waals surface area contributed by atoms with Crippen LogP contribution >= 0.6 is 11.3 Å². The Balaban J connectivity index is 1.78. The van der Waals surface area contributed by atoms with Gasteiger partial charge in [-0.1, -0.05) is 17.8 Å². The number of aryl methyl sites for hydroxylation is 1. The van der Waals surface area contributed by atoms with Crippen LogP contribution in [0, 0.1) is 12.8 Å². The lowest BCUT2D eigenvalue weighted by Gasteiger charge is -2.24. The lowest BCUT2D eigenvalue weighted by molar-refractivity contribution is 0.0604. The van der Waals surface area contributed by atoms with Crippen LogP contribution in [0.5, 0.6) is 0 Å². The molecule has 1 aliphatic carbocycles. The van der Waals surface area contributed by atoms with Gasteiger partial charge in [0.2, 0.25) is 0 Å². The minimum Gasteiger partial charge on any atom is -0.397 e. The van der Waals surface area contributed by atoms with Crippen molar-refractivity contribution in [1.82, 2.24) is 9.97 Å². The number of rotatable bonds is 4. The average molecular weight is 263 g/mol. The molecule has 1 aliphatic rings. The van der Waals surface area contributed by atoms with Crippen LogP contribution < -0.4 is 5.73 Å². The lowest BCUT2D eigenvalue weighted by atomic mass is 9.86. The van der Waals surface area contributed by atoms with E-state index in [0.29, 0.717) is 12.3 Å². The fourth-order valence-electron chi connectivity index (χ4n) is 2.18. The Labute approximate surface area is 110 Å². The first-order valence-electron chi connectivity index (χ1n) is 6.32. The zero-order valence-corrected chi connectivity index (χ0v) is 11.3. The molecule has 0 aromatic carbocycles. The molecule has 0 aliphatic heterocycles. The van der Waals surface area contributed by atoms with Crippen LogP contribution in [0.15, 0.2) is 6.20 Å². The third-order valence-corrected chi connectivity index (χ3v) is 4.37. The van der Waals surface area contributed by atoms with Crippen LogP contribution in [0.1, 0.15) is 29.8 Å². The van der Waals surface area contributed by atoms with E-state index in [-0.39, 0.29) is 0 Å². The van der Waals surface area contributed by atoms with Crippen molar-refractivity contribution in [2.45, 2.75) is 32.8 Å². The van der Waals surface area contributed by atoms with Gasteiger partial charge in [0, 0.05) is 12.2 Å². The fraction of sp³-hybridized carbons (Fsp3) is 0.538. The topological polar surface area (TPSA) is 61.0 Å². The molecule has 2 aromatic rings. The molecule has 0 bridgehead atoms. The van der Waals surface area contributed by atoms with Gasteiger partial charge in [0.05, 0.1) is 23.5 Å². The first kappa shape index (κ1) is 11.9. The van der Waals surface area contributed by atoms with Crippen molar-refractivity contribution in [3.8, 4) is 0 Å². The molecule has 2 N–H and O–H groups in total. The smallest absolute Gasteiger partial charge is 0.143 e. The molecule has 5 heteroatoms. The zero-order chi connectivity index (χ0) is 12.5. The van der Waals surface area contributed by atoms with Crippen molar-refractivity contribution in [2.24, 2.45) is 5.92 Å². The van der Waals surface area contributed by atoms with Crippen molar-refractivity contribution in [1.29, 1.82) is 0 Å². The maximum absolute atomic E-state index is 5.98. The summed E-state index contributed by atoms with van der Waals surface area (Å²) in [4.78, 5) is 9.76. The number of thiazole rings is 1. The summed E-state index contributed by atoms with van der Waals surface area (Å²) in [5.74, 6) is 0.751. The van der Waals surface area contributed by atoms with E-state index in [1.165, 1.54) is 19.3 Å². The molecule has 0 saturated heterocycles. The Morgan fingerprint density at radius 3 is 3.06 bits per heavy atom. The highest BCUT2D eigenvalue weighted by Gasteiger charge is 2.18. The van der Waals surface area contributed by atoms with Crippen molar-refractivity contribution < 1.29 is 4.74 Å². The molecule has 4 nitrogen and oxygen atoms in total. The molecule has 2 aromatic heterocycles. The number of hydrogen-bond acceptors (Lipinski definition) is 5. The van der Waals surface area contributed by atoms with Gasteiger partial charge in [0.25, 0.3) is 0 Å². The van der Waals surface area contributed by atoms with E-state index in [4.69, 9.17) is 10.5 Å². The Morgan fingerprint density at radius 1 is 1.50 bits per heavy atom. The monoisotopic (exact) mass is 263 g/mol. The number of fused-ring (bicyclic) bond motifs is 1. The summed E-state index contributed by atoms with van der Waals surface area (Å²) < 4.78 is 5.78. The quantitative estimate of drug-likeness (QED) is 0.921. The molecule has 2 heterocycles. The van der Waals surface area contributed by atoms with Crippen molar-refractivity contribution in [3.05, 3.63) is 16.8 Å². The van der Waals surface area contributed by atoms with Crippen molar-refractivity contribution in [2.75, 3.05) is 12.3 Å². The summed E-state index contributed by atoms with van der Waals surface area (Å²) >= 11 is 1.60. The number of ether oxygens (including phenoxy) is 1. The summed E-state index contributed by atoms with van der Waals surface area (Å²) in [5.41, 5.74) is 8.56. The van der Waals surface area contributed by atoms with Gasteiger partial charge in [0.1, 0.15) is 10.3 Å². The van der Waals surface area contributed by atoms with E-state index in [1.54, 1.807) is 17.5 Å². The molecule has 0 radical (unpaired) electrons. The molecular formula is C13H17N3OS. The normalized spacial score (nSPS) is 16.1. The summed E-state index contributed by atoms with van der Waals surface area (Å²) in [6.45, 7) is 3.37. The number of nitrogen functional groups attached to an aromatic ring is 1. The maximum Gasteiger partial charge on any atom is 0.143 e. The maximum atomic E-state index is 5.98. The molecular weight excluding hydrogens is 246 g/mol. The van der Waals surface area contributed by atoms with Crippen LogP contribution in [0.3, 0.4) is 0 Å². The van der Waals surface area contributed by atoms with Gasteiger partial charge in [-0.15, -0.1) is 0 Å². The van der Waals surface area contributed by atoms with Gasteiger partial charge in [-0.3, -0.25) is 0 Å². The van der Waals surface area contributed by atoms with E-state index < -0.39 is 0 Å². The molecule has 18 heavy (non-hydrogen) atoms. The summed E-state index contributed by atoms with van der Waals surface area (Å²) in [6, 6.07) is 0. The number of anilines is 1. The summed E-state index contributed by atoms with van der Waals surface area (Å²) in [5, 5.41) is 1.02. The van der Waals surface area contributed by atoms with E-state index in [1.807, 2.05) is 6.92 Å². The first-order chi connectivity index (χ1) is 8.74. The second-order valence-corrected chi connectivity index (χ2v) is 6.07. The van der Waals surface area contributed by atoms with E-state index in [2.05, 4.69) is 9.97 Å². The second-order valence-electron chi connectivity index (χ2n) is 4.89. The third kappa shape index (κ3) is 2.20. The second kappa shape index (κ2) is 4.82. The third-order valence-electron chi connectivity index (χ3n) is 3.50. The predicted molar refractivity (Wildman–Crippen MR) is 73.6 cm³/mol. The summed E-state index contributed by atoms with van der Waals surface area (Å²) in [7, 11) is 0. The van der Waals surface area contributed by atoms with E-state index in [9.17, 15) is 0 Å². The van der Waals surface area contributed by atoms with Crippen LogP contribution in [-0.4, -0.2) is 16.6 Å². The number of hydrogen-bond donors (Lipinski definition) is 1. The molecule has 96 valence electrons. The van der Waals surface area contributed by atoms with Crippen molar-refractivity contribution >= 4 is 27.4 Å². The predicted octanol–water partition coefficient (Wildman–Crippen LogP) is 2.90. The average Bonchev–Trinajstić information content (AvgIpc) is 2.65.